The maximum Gasteiger partial charge on any atom is 0.129 e. The van der Waals surface area contributed by atoms with Gasteiger partial charge in [-0.1, -0.05) is 25.1 Å². The van der Waals surface area contributed by atoms with Crippen LogP contribution < -0.4 is 0 Å². The lowest BCUT2D eigenvalue weighted by Crippen LogP contribution is -2.29. The molecule has 1 saturated carbocycles. The highest BCUT2D eigenvalue weighted by Gasteiger charge is 2.41. The van der Waals surface area contributed by atoms with Crippen LogP contribution in [0.25, 0.3) is 0 Å². The summed E-state index contributed by atoms with van der Waals surface area (Å²) < 4.78 is 13.5. The fourth-order valence-electron chi connectivity index (χ4n) is 2.38. The minimum Gasteiger partial charge on any atom is -0.385 e. The van der Waals surface area contributed by atoms with Gasteiger partial charge in [-0.05, 0) is 31.2 Å². The van der Waals surface area contributed by atoms with Crippen molar-refractivity contribution in [1.29, 1.82) is 0 Å². The summed E-state index contributed by atoms with van der Waals surface area (Å²) in [4.78, 5) is 0. The molecule has 0 spiro atoms. The van der Waals surface area contributed by atoms with E-state index in [4.69, 9.17) is 0 Å². The van der Waals surface area contributed by atoms with Crippen molar-refractivity contribution in [3.63, 3.8) is 0 Å². The van der Waals surface area contributed by atoms with Crippen LogP contribution in [-0.2, 0) is 5.60 Å². The van der Waals surface area contributed by atoms with Crippen LogP contribution >= 0.6 is 0 Å². The first kappa shape index (κ1) is 9.66. The quantitative estimate of drug-likeness (QED) is 0.728. The summed E-state index contributed by atoms with van der Waals surface area (Å²) in [6.45, 7) is 1.99. The van der Waals surface area contributed by atoms with E-state index in [2.05, 4.69) is 0 Å². The molecule has 2 rings (SSSR count). The molecule has 0 radical (unpaired) electrons. The van der Waals surface area contributed by atoms with Crippen LogP contribution in [0, 0.1) is 11.7 Å². The van der Waals surface area contributed by atoms with Gasteiger partial charge in [0.1, 0.15) is 5.82 Å². The first-order chi connectivity index (χ1) is 6.64. The largest absolute Gasteiger partial charge is 0.385 e. The van der Waals surface area contributed by atoms with Crippen LogP contribution in [0.3, 0.4) is 0 Å². The molecule has 0 bridgehead atoms. The zero-order valence-corrected chi connectivity index (χ0v) is 8.33. The van der Waals surface area contributed by atoms with Gasteiger partial charge in [0.05, 0.1) is 5.60 Å². The normalized spacial score (nSPS) is 32.1. The van der Waals surface area contributed by atoms with Crippen molar-refractivity contribution in [2.45, 2.75) is 31.8 Å². The van der Waals surface area contributed by atoms with Crippen LogP contribution in [0.2, 0.25) is 0 Å². The molecular weight excluding hydrogens is 179 g/mol. The second kappa shape index (κ2) is 3.35. The van der Waals surface area contributed by atoms with Gasteiger partial charge >= 0.3 is 0 Å². The minimum atomic E-state index is -0.939. The zero-order chi connectivity index (χ0) is 10.2. The van der Waals surface area contributed by atoms with E-state index in [1.54, 1.807) is 18.2 Å². The van der Waals surface area contributed by atoms with E-state index in [0.717, 1.165) is 12.8 Å². The zero-order valence-electron chi connectivity index (χ0n) is 8.33. The van der Waals surface area contributed by atoms with Gasteiger partial charge in [0, 0.05) is 5.56 Å². The molecule has 76 valence electrons. The summed E-state index contributed by atoms with van der Waals surface area (Å²) in [5.41, 5.74) is -0.476. The molecule has 1 aliphatic carbocycles. The van der Waals surface area contributed by atoms with E-state index in [0.29, 0.717) is 12.0 Å². The molecular formula is C12H15FO. The third-order valence-electron chi connectivity index (χ3n) is 3.35. The van der Waals surface area contributed by atoms with Crippen LogP contribution in [-0.4, -0.2) is 5.11 Å². The van der Waals surface area contributed by atoms with Crippen molar-refractivity contribution in [1.82, 2.24) is 0 Å². The summed E-state index contributed by atoms with van der Waals surface area (Å²) in [5, 5.41) is 10.4. The Hall–Kier alpha value is -0.890. The second-order valence-electron chi connectivity index (χ2n) is 4.20. The molecule has 0 aliphatic heterocycles. The molecule has 1 nitrogen and oxygen atoms in total. The topological polar surface area (TPSA) is 20.2 Å². The maximum atomic E-state index is 13.5. The first-order valence-corrected chi connectivity index (χ1v) is 5.12. The van der Waals surface area contributed by atoms with E-state index < -0.39 is 5.60 Å². The van der Waals surface area contributed by atoms with E-state index in [1.165, 1.54) is 6.07 Å². The first-order valence-electron chi connectivity index (χ1n) is 5.12. The number of hydrogen-bond donors (Lipinski definition) is 1. The number of benzene rings is 1. The Balaban J connectivity index is 2.43. The Morgan fingerprint density at radius 2 is 2.14 bits per heavy atom. The van der Waals surface area contributed by atoms with Gasteiger partial charge in [-0.2, -0.15) is 0 Å². The SMILES string of the molecule is CC1CCCC1(O)c1ccccc1F. The van der Waals surface area contributed by atoms with Crippen molar-refractivity contribution in [2.24, 2.45) is 5.92 Å². The van der Waals surface area contributed by atoms with Gasteiger partial charge in [0.2, 0.25) is 0 Å². The molecule has 0 amide bonds. The fourth-order valence-corrected chi connectivity index (χ4v) is 2.38. The number of rotatable bonds is 1. The lowest BCUT2D eigenvalue weighted by molar-refractivity contribution is 0.00121. The molecule has 1 aromatic carbocycles. The fraction of sp³-hybridized carbons (Fsp3) is 0.500. The molecule has 14 heavy (non-hydrogen) atoms. The highest BCUT2D eigenvalue weighted by molar-refractivity contribution is 5.26. The summed E-state index contributed by atoms with van der Waals surface area (Å²) in [7, 11) is 0. The molecule has 1 aliphatic rings. The lowest BCUT2D eigenvalue weighted by atomic mass is 9.85. The van der Waals surface area contributed by atoms with Crippen molar-refractivity contribution in [3.8, 4) is 0 Å². The van der Waals surface area contributed by atoms with Crippen LogP contribution in [0.15, 0.2) is 24.3 Å². The Morgan fingerprint density at radius 3 is 2.71 bits per heavy atom. The van der Waals surface area contributed by atoms with Crippen molar-refractivity contribution in [2.75, 3.05) is 0 Å². The average Bonchev–Trinajstić information content (AvgIpc) is 2.49. The van der Waals surface area contributed by atoms with Gasteiger partial charge in [0.25, 0.3) is 0 Å². The Labute approximate surface area is 83.6 Å². The van der Waals surface area contributed by atoms with E-state index in [9.17, 15) is 9.50 Å². The van der Waals surface area contributed by atoms with E-state index in [1.807, 2.05) is 6.92 Å². The van der Waals surface area contributed by atoms with Crippen molar-refractivity contribution >= 4 is 0 Å². The van der Waals surface area contributed by atoms with Gasteiger partial charge in [-0.25, -0.2) is 4.39 Å². The Kier molecular flexibility index (Phi) is 2.31. The Morgan fingerprint density at radius 1 is 1.43 bits per heavy atom. The van der Waals surface area contributed by atoms with Gasteiger partial charge < -0.3 is 5.11 Å². The van der Waals surface area contributed by atoms with Crippen LogP contribution in [0.5, 0.6) is 0 Å². The van der Waals surface area contributed by atoms with Gasteiger partial charge in [-0.15, -0.1) is 0 Å². The summed E-state index contributed by atoms with van der Waals surface area (Å²) >= 11 is 0. The molecule has 1 fully saturated rings. The molecule has 1 aromatic rings. The smallest absolute Gasteiger partial charge is 0.129 e. The monoisotopic (exact) mass is 194 g/mol. The predicted octanol–water partition coefficient (Wildman–Crippen LogP) is 2.83. The third-order valence-corrected chi connectivity index (χ3v) is 3.35. The summed E-state index contributed by atoms with van der Waals surface area (Å²) in [6.07, 6.45) is 2.63. The molecule has 2 unspecified atom stereocenters. The van der Waals surface area contributed by atoms with Crippen molar-refractivity contribution in [3.05, 3.63) is 35.6 Å². The van der Waals surface area contributed by atoms with Crippen molar-refractivity contribution < 1.29 is 9.50 Å². The lowest BCUT2D eigenvalue weighted by Gasteiger charge is -2.28. The number of halogens is 1. The molecule has 2 heteroatoms. The molecule has 0 heterocycles. The number of aliphatic hydroxyl groups is 1. The molecule has 0 saturated heterocycles. The van der Waals surface area contributed by atoms with Crippen LogP contribution in [0.1, 0.15) is 31.7 Å². The molecule has 1 N–H and O–H groups in total. The molecule has 2 atom stereocenters. The summed E-state index contributed by atoms with van der Waals surface area (Å²) in [5.74, 6) is -0.136. The third kappa shape index (κ3) is 1.34. The highest BCUT2D eigenvalue weighted by atomic mass is 19.1. The van der Waals surface area contributed by atoms with Gasteiger partial charge in [-0.3, -0.25) is 0 Å². The average molecular weight is 194 g/mol. The van der Waals surface area contributed by atoms with E-state index >= 15 is 0 Å². The maximum absolute atomic E-state index is 13.5. The van der Waals surface area contributed by atoms with E-state index in [-0.39, 0.29) is 11.7 Å². The Bertz CT molecular complexity index is 337. The second-order valence-corrected chi connectivity index (χ2v) is 4.20. The highest BCUT2D eigenvalue weighted by Crippen LogP contribution is 2.43. The van der Waals surface area contributed by atoms with Crippen LogP contribution in [0.4, 0.5) is 4.39 Å². The minimum absolute atomic E-state index is 0.152. The predicted molar refractivity (Wildman–Crippen MR) is 53.3 cm³/mol. The summed E-state index contributed by atoms with van der Waals surface area (Å²) in [6, 6.07) is 6.54. The van der Waals surface area contributed by atoms with Gasteiger partial charge in [0.15, 0.2) is 0 Å². The number of hydrogen-bond acceptors (Lipinski definition) is 1. The molecule has 0 aromatic heterocycles. The standard InChI is InChI=1S/C12H15FO/c1-9-5-4-8-12(9,14)10-6-2-3-7-11(10)13/h2-3,6-7,9,14H,4-5,8H2,1H3.